The molecule has 1 saturated heterocycles. The molecule has 1 heterocycles. The first-order valence-electron chi connectivity index (χ1n) is 7.58. The summed E-state index contributed by atoms with van der Waals surface area (Å²) >= 11 is 0. The molecule has 3 rings (SSSR count). The van der Waals surface area contributed by atoms with Gasteiger partial charge in [-0.05, 0) is 25.2 Å². The van der Waals surface area contributed by atoms with E-state index < -0.39 is 0 Å². The van der Waals surface area contributed by atoms with E-state index >= 15 is 0 Å². The lowest BCUT2D eigenvalue weighted by molar-refractivity contribution is 0.103. The summed E-state index contributed by atoms with van der Waals surface area (Å²) in [7, 11) is 2.13. The summed E-state index contributed by atoms with van der Waals surface area (Å²) < 4.78 is 0. The van der Waals surface area contributed by atoms with Crippen LogP contribution in [0.2, 0.25) is 0 Å². The van der Waals surface area contributed by atoms with Gasteiger partial charge < -0.3 is 15.5 Å². The van der Waals surface area contributed by atoms with Gasteiger partial charge >= 0.3 is 0 Å². The van der Waals surface area contributed by atoms with Crippen LogP contribution in [-0.2, 0) is 0 Å². The summed E-state index contributed by atoms with van der Waals surface area (Å²) in [6.07, 6.45) is 0. The Hall–Kier alpha value is -2.33. The fourth-order valence-electron chi connectivity index (χ4n) is 2.75. The molecule has 0 unspecified atom stereocenters. The summed E-state index contributed by atoms with van der Waals surface area (Å²) in [5.74, 6) is -0.0194. The van der Waals surface area contributed by atoms with Gasteiger partial charge in [-0.15, -0.1) is 0 Å². The van der Waals surface area contributed by atoms with Gasteiger partial charge in [0, 0.05) is 48.7 Å². The molecule has 0 amide bonds. The number of anilines is 2. The number of piperazine rings is 1. The highest BCUT2D eigenvalue weighted by Crippen LogP contribution is 2.24. The third kappa shape index (κ3) is 2.97. The van der Waals surface area contributed by atoms with Crippen molar-refractivity contribution >= 4 is 17.2 Å². The van der Waals surface area contributed by atoms with Crippen molar-refractivity contribution in [1.29, 1.82) is 0 Å². The third-order valence-corrected chi connectivity index (χ3v) is 4.19. The maximum atomic E-state index is 12.6. The quantitative estimate of drug-likeness (QED) is 0.697. The normalized spacial score (nSPS) is 15.8. The van der Waals surface area contributed by atoms with Crippen LogP contribution in [0.1, 0.15) is 15.9 Å². The molecule has 0 aliphatic carbocycles. The van der Waals surface area contributed by atoms with Gasteiger partial charge in [-0.2, -0.15) is 0 Å². The molecule has 0 aromatic heterocycles. The van der Waals surface area contributed by atoms with Crippen LogP contribution in [0.15, 0.2) is 48.5 Å². The number of benzene rings is 2. The predicted molar refractivity (Wildman–Crippen MR) is 90.4 cm³/mol. The molecule has 0 spiro atoms. The van der Waals surface area contributed by atoms with Gasteiger partial charge in [0.1, 0.15) is 0 Å². The fourth-order valence-corrected chi connectivity index (χ4v) is 2.75. The molecular formula is C18H21N3O. The molecule has 2 N–H and O–H groups in total. The van der Waals surface area contributed by atoms with Crippen molar-refractivity contribution in [1.82, 2.24) is 4.90 Å². The lowest BCUT2D eigenvalue weighted by atomic mass is 10.0. The first-order chi connectivity index (χ1) is 10.6. The van der Waals surface area contributed by atoms with Crippen LogP contribution in [0.5, 0.6) is 0 Å². The number of nitrogens with two attached hydrogens (primary N) is 1. The monoisotopic (exact) mass is 295 g/mol. The lowest BCUT2D eigenvalue weighted by Gasteiger charge is -2.34. The number of hydrogen-bond donors (Lipinski definition) is 1. The number of rotatable bonds is 3. The van der Waals surface area contributed by atoms with Gasteiger partial charge in [-0.1, -0.05) is 30.3 Å². The second-order valence-corrected chi connectivity index (χ2v) is 5.76. The second kappa shape index (κ2) is 6.20. The standard InChI is InChI=1S/C18H21N3O/c1-20-9-11-21(12-10-20)15-7-8-17(19)16(13-15)18(22)14-5-3-2-4-6-14/h2-8,13H,9-12,19H2,1H3. The Morgan fingerprint density at radius 3 is 2.36 bits per heavy atom. The SMILES string of the molecule is CN1CCN(c2ccc(N)c(C(=O)c3ccccc3)c2)CC1. The average molecular weight is 295 g/mol. The van der Waals surface area contributed by atoms with Crippen molar-refractivity contribution in [3.05, 3.63) is 59.7 Å². The van der Waals surface area contributed by atoms with E-state index in [1.807, 2.05) is 48.5 Å². The van der Waals surface area contributed by atoms with E-state index in [-0.39, 0.29) is 5.78 Å². The Bertz CT molecular complexity index is 661. The van der Waals surface area contributed by atoms with E-state index in [0.29, 0.717) is 16.8 Å². The van der Waals surface area contributed by atoms with E-state index in [9.17, 15) is 4.79 Å². The molecule has 1 aliphatic rings. The summed E-state index contributed by atoms with van der Waals surface area (Å²) in [6, 6.07) is 15.1. The minimum Gasteiger partial charge on any atom is -0.398 e. The lowest BCUT2D eigenvalue weighted by Crippen LogP contribution is -2.44. The highest BCUT2D eigenvalue weighted by molar-refractivity contribution is 6.12. The van der Waals surface area contributed by atoms with Crippen molar-refractivity contribution in [3.8, 4) is 0 Å². The second-order valence-electron chi connectivity index (χ2n) is 5.76. The van der Waals surface area contributed by atoms with Gasteiger partial charge in [-0.3, -0.25) is 4.79 Å². The topological polar surface area (TPSA) is 49.6 Å². The minimum absolute atomic E-state index is 0.0194. The van der Waals surface area contributed by atoms with E-state index in [1.54, 1.807) is 0 Å². The Labute approximate surface area is 131 Å². The highest BCUT2D eigenvalue weighted by Gasteiger charge is 2.18. The molecule has 2 aromatic rings. The maximum absolute atomic E-state index is 12.6. The summed E-state index contributed by atoms with van der Waals surface area (Å²) in [6.45, 7) is 4.01. The zero-order valence-electron chi connectivity index (χ0n) is 12.8. The van der Waals surface area contributed by atoms with E-state index in [4.69, 9.17) is 5.73 Å². The molecule has 114 valence electrons. The van der Waals surface area contributed by atoms with Crippen LogP contribution in [0.25, 0.3) is 0 Å². The number of hydrogen-bond acceptors (Lipinski definition) is 4. The molecule has 22 heavy (non-hydrogen) atoms. The molecule has 1 aliphatic heterocycles. The van der Waals surface area contributed by atoms with Crippen LogP contribution >= 0.6 is 0 Å². The zero-order valence-corrected chi connectivity index (χ0v) is 12.8. The van der Waals surface area contributed by atoms with Gasteiger partial charge in [0.15, 0.2) is 5.78 Å². The number of ketones is 1. The Morgan fingerprint density at radius 2 is 1.68 bits per heavy atom. The van der Waals surface area contributed by atoms with Gasteiger partial charge in [0.2, 0.25) is 0 Å². The van der Waals surface area contributed by atoms with Crippen LogP contribution in [0, 0.1) is 0 Å². The van der Waals surface area contributed by atoms with E-state index in [0.717, 1.165) is 31.9 Å². The number of nitrogen functional groups attached to an aromatic ring is 1. The number of carbonyl (C=O) groups is 1. The zero-order chi connectivity index (χ0) is 15.5. The van der Waals surface area contributed by atoms with Gasteiger partial charge in [0.05, 0.1) is 0 Å². The molecule has 4 nitrogen and oxygen atoms in total. The molecule has 0 saturated carbocycles. The molecule has 2 aromatic carbocycles. The van der Waals surface area contributed by atoms with Crippen LogP contribution in [0.4, 0.5) is 11.4 Å². The van der Waals surface area contributed by atoms with Crippen LogP contribution in [-0.4, -0.2) is 43.9 Å². The van der Waals surface area contributed by atoms with Crippen LogP contribution in [0.3, 0.4) is 0 Å². The smallest absolute Gasteiger partial charge is 0.195 e. The summed E-state index contributed by atoms with van der Waals surface area (Å²) in [5.41, 5.74) is 8.89. The maximum Gasteiger partial charge on any atom is 0.195 e. The Balaban J connectivity index is 1.89. The van der Waals surface area contributed by atoms with Crippen molar-refractivity contribution < 1.29 is 4.79 Å². The molecule has 4 heteroatoms. The molecule has 0 atom stereocenters. The third-order valence-electron chi connectivity index (χ3n) is 4.19. The number of nitrogens with zero attached hydrogens (tertiary/aromatic N) is 2. The Kier molecular flexibility index (Phi) is 4.11. The van der Waals surface area contributed by atoms with Crippen LogP contribution < -0.4 is 10.6 Å². The van der Waals surface area contributed by atoms with E-state index in [1.165, 1.54) is 0 Å². The first-order valence-corrected chi connectivity index (χ1v) is 7.58. The predicted octanol–water partition coefficient (Wildman–Crippen LogP) is 2.25. The fraction of sp³-hybridized carbons (Fsp3) is 0.278. The molecule has 0 bridgehead atoms. The highest BCUT2D eigenvalue weighted by atomic mass is 16.1. The van der Waals surface area contributed by atoms with Crippen molar-refractivity contribution in [2.24, 2.45) is 0 Å². The van der Waals surface area contributed by atoms with Gasteiger partial charge in [0.25, 0.3) is 0 Å². The molecule has 0 radical (unpaired) electrons. The average Bonchev–Trinajstić information content (AvgIpc) is 2.56. The molecular weight excluding hydrogens is 274 g/mol. The summed E-state index contributed by atoms with van der Waals surface area (Å²) in [4.78, 5) is 17.3. The van der Waals surface area contributed by atoms with Crippen molar-refractivity contribution in [2.75, 3.05) is 43.9 Å². The van der Waals surface area contributed by atoms with Crippen molar-refractivity contribution in [3.63, 3.8) is 0 Å². The number of likely N-dealkylation sites (N-methyl/N-ethyl adjacent to an activating group) is 1. The largest absolute Gasteiger partial charge is 0.398 e. The van der Waals surface area contributed by atoms with E-state index in [2.05, 4.69) is 16.8 Å². The number of carbonyl (C=O) groups excluding carboxylic acids is 1. The minimum atomic E-state index is -0.0194. The van der Waals surface area contributed by atoms with Gasteiger partial charge in [-0.25, -0.2) is 0 Å². The molecule has 1 fully saturated rings. The Morgan fingerprint density at radius 1 is 1.00 bits per heavy atom. The first kappa shape index (κ1) is 14.6. The summed E-state index contributed by atoms with van der Waals surface area (Å²) in [5, 5.41) is 0. The van der Waals surface area contributed by atoms with Crippen molar-refractivity contribution in [2.45, 2.75) is 0 Å².